The second kappa shape index (κ2) is 13.3. The van der Waals surface area contributed by atoms with Crippen LogP contribution in [0.5, 0.6) is 0 Å². The molecular formula is C34H36F4N6O5. The molecule has 4 N–H and O–H groups in total. The van der Waals surface area contributed by atoms with Gasteiger partial charge in [0, 0.05) is 37.4 Å². The SMILES string of the molecule is CNC(=O)Nc1cccc(C(N)Cn2c(=O)c3c(n(Cc4c(C)cccc4F)c2=O)COC32CCN(Cc3ccc(C(F)(F)F)o3)CC2)c1. The van der Waals surface area contributed by atoms with Crippen molar-refractivity contribution in [1.82, 2.24) is 19.4 Å². The van der Waals surface area contributed by atoms with Crippen LogP contribution in [0.15, 0.2) is 68.6 Å². The number of halogens is 4. The molecule has 0 bridgehead atoms. The van der Waals surface area contributed by atoms with E-state index in [9.17, 15) is 27.6 Å². The van der Waals surface area contributed by atoms with Crippen molar-refractivity contribution in [2.24, 2.45) is 5.73 Å². The number of alkyl halides is 3. The number of anilines is 1. The molecule has 15 heteroatoms. The summed E-state index contributed by atoms with van der Waals surface area (Å²) in [7, 11) is 1.48. The van der Waals surface area contributed by atoms with Crippen molar-refractivity contribution in [2.75, 3.05) is 25.5 Å². The molecule has 2 aromatic heterocycles. The summed E-state index contributed by atoms with van der Waals surface area (Å²) >= 11 is 0. The molecule has 2 aliphatic rings. The monoisotopic (exact) mass is 684 g/mol. The lowest BCUT2D eigenvalue weighted by Gasteiger charge is -2.38. The molecule has 1 spiro atoms. The zero-order valence-electron chi connectivity index (χ0n) is 26.9. The van der Waals surface area contributed by atoms with E-state index in [4.69, 9.17) is 14.9 Å². The largest absolute Gasteiger partial charge is 0.455 e. The van der Waals surface area contributed by atoms with E-state index in [1.165, 1.54) is 23.7 Å². The second-order valence-corrected chi connectivity index (χ2v) is 12.4. The molecule has 4 aromatic rings. The summed E-state index contributed by atoms with van der Waals surface area (Å²) in [5.41, 5.74) is 6.85. The van der Waals surface area contributed by atoms with Gasteiger partial charge in [0.25, 0.3) is 5.56 Å². The van der Waals surface area contributed by atoms with E-state index >= 15 is 4.39 Å². The zero-order chi connectivity index (χ0) is 35.1. The van der Waals surface area contributed by atoms with E-state index in [1.54, 1.807) is 43.3 Å². The van der Waals surface area contributed by atoms with E-state index in [1.807, 2.05) is 4.90 Å². The Hall–Kier alpha value is -4.73. The van der Waals surface area contributed by atoms with Crippen molar-refractivity contribution in [3.05, 3.63) is 121 Å². The minimum Gasteiger partial charge on any atom is -0.455 e. The maximum absolute atomic E-state index is 15.1. The number of aryl methyl sites for hydroxylation is 1. The number of nitrogens with two attached hydrogens (primary N) is 1. The first-order valence-corrected chi connectivity index (χ1v) is 15.8. The highest BCUT2D eigenvalue weighted by Gasteiger charge is 2.47. The van der Waals surface area contributed by atoms with Crippen LogP contribution < -0.4 is 27.6 Å². The Balaban J connectivity index is 1.34. The van der Waals surface area contributed by atoms with Gasteiger partial charge in [-0.25, -0.2) is 14.0 Å². The van der Waals surface area contributed by atoms with Crippen LogP contribution in [0.2, 0.25) is 0 Å². The van der Waals surface area contributed by atoms with Crippen LogP contribution in [0.3, 0.4) is 0 Å². The molecule has 4 heterocycles. The predicted molar refractivity (Wildman–Crippen MR) is 171 cm³/mol. The summed E-state index contributed by atoms with van der Waals surface area (Å²) in [6.45, 7) is 2.20. The van der Waals surface area contributed by atoms with Gasteiger partial charge in [-0.05, 0) is 61.2 Å². The molecule has 1 unspecified atom stereocenters. The van der Waals surface area contributed by atoms with Crippen molar-refractivity contribution in [3.63, 3.8) is 0 Å². The lowest BCUT2D eigenvalue weighted by Crippen LogP contribution is -2.49. The molecule has 2 aliphatic heterocycles. The average molecular weight is 685 g/mol. The molecule has 260 valence electrons. The normalized spacial score (nSPS) is 16.5. The van der Waals surface area contributed by atoms with Gasteiger partial charge in [-0.3, -0.25) is 18.8 Å². The summed E-state index contributed by atoms with van der Waals surface area (Å²) in [6, 6.07) is 12.3. The Morgan fingerprint density at radius 2 is 1.78 bits per heavy atom. The van der Waals surface area contributed by atoms with Gasteiger partial charge in [0.1, 0.15) is 17.2 Å². The zero-order valence-corrected chi connectivity index (χ0v) is 26.9. The summed E-state index contributed by atoms with van der Waals surface area (Å²) in [5.74, 6) is -1.40. The molecule has 6 rings (SSSR count). The molecule has 1 atom stereocenters. The average Bonchev–Trinajstić information content (AvgIpc) is 3.69. The Morgan fingerprint density at radius 1 is 1.04 bits per heavy atom. The van der Waals surface area contributed by atoms with Crippen molar-refractivity contribution in [3.8, 4) is 0 Å². The number of hydrogen-bond donors (Lipinski definition) is 3. The summed E-state index contributed by atoms with van der Waals surface area (Å²) in [6.07, 6.45) is -3.95. The first-order valence-electron chi connectivity index (χ1n) is 15.8. The van der Waals surface area contributed by atoms with Crippen LogP contribution in [-0.2, 0) is 42.8 Å². The van der Waals surface area contributed by atoms with Crippen LogP contribution >= 0.6 is 0 Å². The molecule has 1 saturated heterocycles. The lowest BCUT2D eigenvalue weighted by atomic mass is 9.85. The molecular weight excluding hydrogens is 648 g/mol. The van der Waals surface area contributed by atoms with E-state index in [-0.39, 0.29) is 32.0 Å². The maximum Gasteiger partial charge on any atom is 0.449 e. The highest BCUT2D eigenvalue weighted by molar-refractivity contribution is 5.89. The summed E-state index contributed by atoms with van der Waals surface area (Å²) in [4.78, 5) is 42.2. The Labute approximate surface area is 278 Å². The van der Waals surface area contributed by atoms with Gasteiger partial charge >= 0.3 is 17.9 Å². The molecule has 1 fully saturated rings. The molecule has 0 radical (unpaired) electrons. The van der Waals surface area contributed by atoms with E-state index in [2.05, 4.69) is 10.6 Å². The first-order chi connectivity index (χ1) is 23.3. The van der Waals surface area contributed by atoms with Crippen molar-refractivity contribution in [2.45, 2.75) is 63.8 Å². The fourth-order valence-electron chi connectivity index (χ4n) is 6.62. The number of urea groups is 1. The maximum atomic E-state index is 15.1. The number of likely N-dealkylation sites (tertiary alicyclic amines) is 1. The topological polar surface area (TPSA) is 137 Å². The lowest BCUT2D eigenvalue weighted by molar-refractivity contribution is -0.153. The van der Waals surface area contributed by atoms with Crippen molar-refractivity contribution in [1.29, 1.82) is 0 Å². The van der Waals surface area contributed by atoms with Crippen LogP contribution in [0, 0.1) is 12.7 Å². The van der Waals surface area contributed by atoms with Gasteiger partial charge in [-0.15, -0.1) is 0 Å². The summed E-state index contributed by atoms with van der Waals surface area (Å²) in [5, 5.41) is 5.13. The first kappa shape index (κ1) is 34.1. The smallest absolute Gasteiger partial charge is 0.449 e. The van der Waals surface area contributed by atoms with Gasteiger partial charge in [0.2, 0.25) is 5.76 Å². The predicted octanol–water partition coefficient (Wildman–Crippen LogP) is 4.59. The highest BCUT2D eigenvalue weighted by Crippen LogP contribution is 2.43. The number of furan rings is 1. The second-order valence-electron chi connectivity index (χ2n) is 12.4. The number of carbonyl (C=O) groups is 1. The molecule has 0 saturated carbocycles. The number of fused-ring (bicyclic) bond motifs is 2. The minimum atomic E-state index is -4.59. The number of piperidine rings is 1. The quantitative estimate of drug-likeness (QED) is 0.231. The Bertz CT molecular complexity index is 1970. The van der Waals surface area contributed by atoms with Gasteiger partial charge in [0.15, 0.2) is 0 Å². The third-order valence-corrected chi connectivity index (χ3v) is 9.31. The number of hydrogen-bond acceptors (Lipinski definition) is 7. The Morgan fingerprint density at radius 3 is 2.45 bits per heavy atom. The fraction of sp³-hybridized carbons (Fsp3) is 0.382. The van der Waals surface area contributed by atoms with Gasteiger partial charge < -0.3 is 25.5 Å². The van der Waals surface area contributed by atoms with E-state index < -0.39 is 46.7 Å². The number of amides is 2. The van der Waals surface area contributed by atoms with Crippen LogP contribution in [0.4, 0.5) is 28.0 Å². The van der Waals surface area contributed by atoms with Crippen molar-refractivity contribution < 1.29 is 31.5 Å². The van der Waals surface area contributed by atoms with Crippen molar-refractivity contribution >= 4 is 11.7 Å². The minimum absolute atomic E-state index is 0.0550. The molecule has 0 aliphatic carbocycles. The van der Waals surface area contributed by atoms with Crippen LogP contribution in [0.1, 0.15) is 58.4 Å². The standard InChI is InChI=1S/C34H36F4N6O5/c1-20-5-3-8-25(35)24(20)17-43-27-19-48-33(11-13-42(14-12-33)16-23-9-10-28(49-23)34(36,37)38)29(27)30(45)44(32(43)47)18-26(39)21-6-4-7-22(15-21)41-31(46)40-2/h3-10,15,26H,11-14,16-19,39H2,1-2H3,(H2,40,41,46). The fourth-order valence-corrected chi connectivity index (χ4v) is 6.62. The highest BCUT2D eigenvalue weighted by atomic mass is 19.4. The molecule has 49 heavy (non-hydrogen) atoms. The molecule has 11 nitrogen and oxygen atoms in total. The molecule has 2 amide bonds. The van der Waals surface area contributed by atoms with E-state index in [0.717, 1.165) is 10.6 Å². The number of aromatic nitrogens is 2. The summed E-state index contributed by atoms with van der Waals surface area (Å²) < 4.78 is 68.0. The number of carbonyl (C=O) groups excluding carboxylic acids is 1. The number of ether oxygens (including phenoxy) is 1. The van der Waals surface area contributed by atoms with Gasteiger partial charge in [-0.1, -0.05) is 24.3 Å². The third-order valence-electron chi connectivity index (χ3n) is 9.31. The number of nitrogens with one attached hydrogen (secondary N) is 2. The van der Waals surface area contributed by atoms with E-state index in [0.29, 0.717) is 59.6 Å². The van der Waals surface area contributed by atoms with Crippen LogP contribution in [-0.4, -0.2) is 40.2 Å². The number of nitrogens with zero attached hydrogens (tertiary/aromatic N) is 3. The number of rotatable bonds is 8. The Kier molecular flexibility index (Phi) is 9.26. The van der Waals surface area contributed by atoms with Gasteiger partial charge in [0.05, 0.1) is 37.5 Å². The number of benzene rings is 2. The van der Waals surface area contributed by atoms with Gasteiger partial charge in [-0.2, -0.15) is 13.2 Å². The third kappa shape index (κ3) is 6.78. The van der Waals surface area contributed by atoms with Crippen LogP contribution in [0.25, 0.3) is 0 Å². The molecule has 2 aromatic carbocycles.